The standard InChI is InChI=1S/C32H24N2/c1-2-22-7-9-23(10-8-22)25-13-11-24-12-14-26(18-29(24)17-25)28-15-16-32(33-20-28)30-19-27-5-3-4-6-31(27)34-21-30/h3-21H,2H2,1H3. The van der Waals surface area contributed by atoms with Crippen LogP contribution in [0.25, 0.3) is 55.2 Å². The molecule has 0 aliphatic carbocycles. The summed E-state index contributed by atoms with van der Waals surface area (Å²) in [5, 5.41) is 3.60. The van der Waals surface area contributed by atoms with Crippen LogP contribution >= 0.6 is 0 Å². The third-order valence-corrected chi connectivity index (χ3v) is 6.52. The quantitative estimate of drug-likeness (QED) is 0.277. The third-order valence-electron chi connectivity index (χ3n) is 6.52. The summed E-state index contributed by atoms with van der Waals surface area (Å²) in [4.78, 5) is 9.33. The lowest BCUT2D eigenvalue weighted by molar-refractivity contribution is 1.14. The Bertz CT molecular complexity index is 1610. The lowest BCUT2D eigenvalue weighted by Gasteiger charge is -2.08. The first-order valence-electron chi connectivity index (χ1n) is 11.7. The Morgan fingerprint density at radius 2 is 1.15 bits per heavy atom. The van der Waals surface area contributed by atoms with Crippen LogP contribution in [0.3, 0.4) is 0 Å². The number of aromatic nitrogens is 2. The summed E-state index contributed by atoms with van der Waals surface area (Å²) < 4.78 is 0. The zero-order chi connectivity index (χ0) is 22.9. The van der Waals surface area contributed by atoms with Gasteiger partial charge in [-0.2, -0.15) is 0 Å². The summed E-state index contributed by atoms with van der Waals surface area (Å²) in [7, 11) is 0. The van der Waals surface area contributed by atoms with Crippen LogP contribution in [-0.2, 0) is 6.42 Å². The van der Waals surface area contributed by atoms with Crippen molar-refractivity contribution in [2.45, 2.75) is 13.3 Å². The zero-order valence-electron chi connectivity index (χ0n) is 19.1. The molecule has 4 aromatic carbocycles. The van der Waals surface area contributed by atoms with E-state index in [0.717, 1.165) is 34.1 Å². The van der Waals surface area contributed by atoms with Crippen LogP contribution in [0, 0.1) is 0 Å². The summed E-state index contributed by atoms with van der Waals surface area (Å²) in [6, 6.07) is 36.7. The number of hydrogen-bond donors (Lipinski definition) is 0. The van der Waals surface area contributed by atoms with Crippen LogP contribution in [0.1, 0.15) is 12.5 Å². The first kappa shape index (κ1) is 20.3. The summed E-state index contributed by atoms with van der Waals surface area (Å²) in [6.07, 6.45) is 4.92. The summed E-state index contributed by atoms with van der Waals surface area (Å²) in [5.74, 6) is 0. The second-order valence-corrected chi connectivity index (χ2v) is 8.68. The molecule has 6 rings (SSSR count). The van der Waals surface area contributed by atoms with E-state index in [4.69, 9.17) is 4.98 Å². The third kappa shape index (κ3) is 3.84. The van der Waals surface area contributed by atoms with Gasteiger partial charge in [-0.15, -0.1) is 0 Å². The molecule has 0 N–H and O–H groups in total. The van der Waals surface area contributed by atoms with Gasteiger partial charge in [0.2, 0.25) is 0 Å². The van der Waals surface area contributed by atoms with Crippen LogP contribution in [-0.4, -0.2) is 9.97 Å². The van der Waals surface area contributed by atoms with Gasteiger partial charge in [-0.3, -0.25) is 9.97 Å². The topological polar surface area (TPSA) is 25.8 Å². The molecule has 0 fully saturated rings. The molecule has 2 nitrogen and oxygen atoms in total. The Morgan fingerprint density at radius 1 is 0.500 bits per heavy atom. The van der Waals surface area contributed by atoms with Crippen LogP contribution < -0.4 is 0 Å². The molecule has 6 aromatic rings. The van der Waals surface area contributed by atoms with Gasteiger partial charge < -0.3 is 0 Å². The average Bonchev–Trinajstić information content (AvgIpc) is 2.92. The Morgan fingerprint density at radius 3 is 1.88 bits per heavy atom. The van der Waals surface area contributed by atoms with Crippen molar-refractivity contribution < 1.29 is 0 Å². The number of aryl methyl sites for hydroxylation is 1. The lowest BCUT2D eigenvalue weighted by atomic mass is 9.97. The highest BCUT2D eigenvalue weighted by atomic mass is 14.7. The molecule has 2 heteroatoms. The second kappa shape index (κ2) is 8.57. The van der Waals surface area contributed by atoms with Crippen molar-refractivity contribution >= 4 is 21.7 Å². The fourth-order valence-corrected chi connectivity index (χ4v) is 4.49. The monoisotopic (exact) mass is 436 g/mol. The minimum Gasteiger partial charge on any atom is -0.256 e. The van der Waals surface area contributed by atoms with Gasteiger partial charge in [0.15, 0.2) is 0 Å². The zero-order valence-corrected chi connectivity index (χ0v) is 19.1. The maximum atomic E-state index is 4.75. The van der Waals surface area contributed by atoms with Gasteiger partial charge in [-0.05, 0) is 69.8 Å². The smallest absolute Gasteiger partial charge is 0.0718 e. The Hall–Kier alpha value is -4.30. The van der Waals surface area contributed by atoms with Gasteiger partial charge in [-0.25, -0.2) is 0 Å². The number of hydrogen-bond acceptors (Lipinski definition) is 2. The van der Waals surface area contributed by atoms with Crippen LogP contribution in [0.2, 0.25) is 0 Å². The minimum atomic E-state index is 0.931. The fraction of sp³-hybridized carbons (Fsp3) is 0.0625. The van der Waals surface area contributed by atoms with Crippen molar-refractivity contribution in [3.63, 3.8) is 0 Å². The first-order chi connectivity index (χ1) is 16.8. The molecule has 0 saturated heterocycles. The Balaban J connectivity index is 1.32. The molecule has 34 heavy (non-hydrogen) atoms. The minimum absolute atomic E-state index is 0.931. The summed E-state index contributed by atoms with van der Waals surface area (Å²) in [6.45, 7) is 2.19. The molecule has 2 heterocycles. The lowest BCUT2D eigenvalue weighted by Crippen LogP contribution is -1.88. The van der Waals surface area contributed by atoms with E-state index in [9.17, 15) is 0 Å². The molecule has 2 aromatic heterocycles. The number of fused-ring (bicyclic) bond motifs is 2. The number of pyridine rings is 2. The van der Waals surface area contributed by atoms with Crippen LogP contribution in [0.4, 0.5) is 0 Å². The second-order valence-electron chi connectivity index (χ2n) is 8.68. The maximum Gasteiger partial charge on any atom is 0.0718 e. The van der Waals surface area contributed by atoms with E-state index in [1.54, 1.807) is 0 Å². The molecule has 0 unspecified atom stereocenters. The first-order valence-corrected chi connectivity index (χ1v) is 11.7. The van der Waals surface area contributed by atoms with Crippen LogP contribution in [0.15, 0.2) is 116 Å². The van der Waals surface area contributed by atoms with Crippen molar-refractivity contribution in [1.82, 2.24) is 9.97 Å². The molecule has 0 aliphatic heterocycles. The highest BCUT2D eigenvalue weighted by molar-refractivity contribution is 5.91. The van der Waals surface area contributed by atoms with Crippen LogP contribution in [0.5, 0.6) is 0 Å². The van der Waals surface area contributed by atoms with Gasteiger partial charge in [0.1, 0.15) is 0 Å². The van der Waals surface area contributed by atoms with Gasteiger partial charge >= 0.3 is 0 Å². The van der Waals surface area contributed by atoms with E-state index in [1.807, 2.05) is 30.6 Å². The van der Waals surface area contributed by atoms with E-state index < -0.39 is 0 Å². The van der Waals surface area contributed by atoms with E-state index >= 15 is 0 Å². The average molecular weight is 437 g/mol. The summed E-state index contributed by atoms with van der Waals surface area (Å²) in [5.41, 5.74) is 9.09. The maximum absolute atomic E-state index is 4.75. The normalized spacial score (nSPS) is 11.2. The molecule has 0 amide bonds. The molecule has 0 aliphatic rings. The fourth-order valence-electron chi connectivity index (χ4n) is 4.49. The van der Waals surface area contributed by atoms with Crippen molar-refractivity contribution in [2.75, 3.05) is 0 Å². The molecule has 162 valence electrons. The number of benzene rings is 4. The van der Waals surface area contributed by atoms with Crippen molar-refractivity contribution in [2.24, 2.45) is 0 Å². The molecule has 0 atom stereocenters. The van der Waals surface area contributed by atoms with Gasteiger partial charge in [-0.1, -0.05) is 79.7 Å². The molecule has 0 spiro atoms. The van der Waals surface area contributed by atoms with Crippen molar-refractivity contribution in [3.8, 4) is 33.5 Å². The highest BCUT2D eigenvalue weighted by Gasteiger charge is 2.06. The predicted molar refractivity (Wildman–Crippen MR) is 143 cm³/mol. The SMILES string of the molecule is CCc1ccc(-c2ccc3ccc(-c4ccc(-c5cnc6ccccc6c5)nc4)cc3c2)cc1. The largest absolute Gasteiger partial charge is 0.256 e. The van der Waals surface area contributed by atoms with E-state index in [0.29, 0.717) is 0 Å². The van der Waals surface area contributed by atoms with Crippen molar-refractivity contribution in [1.29, 1.82) is 0 Å². The van der Waals surface area contributed by atoms with E-state index in [1.165, 1.54) is 33.0 Å². The van der Waals surface area contributed by atoms with Gasteiger partial charge in [0, 0.05) is 28.9 Å². The van der Waals surface area contributed by atoms with E-state index in [-0.39, 0.29) is 0 Å². The molecular weight excluding hydrogens is 412 g/mol. The number of para-hydroxylation sites is 1. The number of nitrogens with zero attached hydrogens (tertiary/aromatic N) is 2. The summed E-state index contributed by atoms with van der Waals surface area (Å²) >= 11 is 0. The molecule has 0 bridgehead atoms. The number of rotatable bonds is 4. The van der Waals surface area contributed by atoms with Gasteiger partial charge in [0.25, 0.3) is 0 Å². The Labute approximate surface area is 199 Å². The van der Waals surface area contributed by atoms with Gasteiger partial charge in [0.05, 0.1) is 11.2 Å². The molecule has 0 saturated carbocycles. The Kier molecular flexibility index (Phi) is 5.12. The highest BCUT2D eigenvalue weighted by Crippen LogP contribution is 2.30. The van der Waals surface area contributed by atoms with E-state index in [2.05, 4.69) is 96.8 Å². The van der Waals surface area contributed by atoms with Crippen molar-refractivity contribution in [3.05, 3.63) is 121 Å². The molecular formula is C32H24N2. The predicted octanol–water partition coefficient (Wildman–Crippen LogP) is 8.35. The molecule has 0 radical (unpaired) electrons.